The van der Waals surface area contributed by atoms with E-state index in [1.165, 1.54) is 0 Å². The Hall–Kier alpha value is -0.160. The molecule has 1 rings (SSSR count). The summed E-state index contributed by atoms with van der Waals surface area (Å²) in [6.07, 6.45) is 0.551. The van der Waals surface area contributed by atoms with Crippen LogP contribution in [0.3, 0.4) is 0 Å². The molecule has 1 aliphatic rings. The van der Waals surface area contributed by atoms with Crippen LogP contribution in [-0.4, -0.2) is 50.9 Å². The molecule has 84 valence electrons. The summed E-state index contributed by atoms with van der Waals surface area (Å²) in [5, 5.41) is 9.66. The summed E-state index contributed by atoms with van der Waals surface area (Å²) < 4.78 is 15.6. The van der Waals surface area contributed by atoms with Crippen LogP contribution in [0.15, 0.2) is 0 Å². The van der Waals surface area contributed by atoms with Crippen molar-refractivity contribution in [2.45, 2.75) is 19.4 Å². The molecule has 0 radical (unpaired) electrons. The third kappa shape index (κ3) is 4.37. The zero-order chi connectivity index (χ0) is 10.2. The SMILES string of the molecule is CCOCCOCC(O)C1CCOC1. The first-order valence-electron chi connectivity index (χ1n) is 5.26. The highest BCUT2D eigenvalue weighted by molar-refractivity contribution is 4.72. The summed E-state index contributed by atoms with van der Waals surface area (Å²) in [4.78, 5) is 0. The molecule has 4 heteroatoms. The monoisotopic (exact) mass is 204 g/mol. The van der Waals surface area contributed by atoms with E-state index in [0.29, 0.717) is 33.0 Å². The molecule has 1 saturated heterocycles. The molecular weight excluding hydrogens is 184 g/mol. The number of aliphatic hydroxyl groups is 1. The zero-order valence-electron chi connectivity index (χ0n) is 8.78. The van der Waals surface area contributed by atoms with Gasteiger partial charge in [0, 0.05) is 19.1 Å². The lowest BCUT2D eigenvalue weighted by Crippen LogP contribution is -2.26. The fraction of sp³-hybridized carbons (Fsp3) is 1.00. The first-order valence-corrected chi connectivity index (χ1v) is 5.26. The summed E-state index contributed by atoms with van der Waals surface area (Å²) in [7, 11) is 0. The van der Waals surface area contributed by atoms with E-state index in [-0.39, 0.29) is 12.0 Å². The molecule has 0 amide bonds. The van der Waals surface area contributed by atoms with Crippen LogP contribution in [0.4, 0.5) is 0 Å². The summed E-state index contributed by atoms with van der Waals surface area (Å²) in [6, 6.07) is 0. The second kappa shape index (κ2) is 7.17. The van der Waals surface area contributed by atoms with Gasteiger partial charge in [-0.15, -0.1) is 0 Å². The molecular formula is C10H20O4. The largest absolute Gasteiger partial charge is 0.390 e. The van der Waals surface area contributed by atoms with Crippen molar-refractivity contribution < 1.29 is 19.3 Å². The Morgan fingerprint density at radius 1 is 1.43 bits per heavy atom. The van der Waals surface area contributed by atoms with Crippen molar-refractivity contribution >= 4 is 0 Å². The van der Waals surface area contributed by atoms with Gasteiger partial charge in [0.25, 0.3) is 0 Å². The average molecular weight is 204 g/mol. The van der Waals surface area contributed by atoms with Gasteiger partial charge in [-0.3, -0.25) is 0 Å². The van der Waals surface area contributed by atoms with E-state index in [4.69, 9.17) is 14.2 Å². The van der Waals surface area contributed by atoms with Crippen LogP contribution >= 0.6 is 0 Å². The molecule has 0 aliphatic carbocycles. The third-order valence-corrected chi connectivity index (χ3v) is 2.37. The number of hydrogen-bond acceptors (Lipinski definition) is 4. The minimum absolute atomic E-state index is 0.252. The Bertz CT molecular complexity index is 134. The lowest BCUT2D eigenvalue weighted by molar-refractivity contribution is -0.0168. The van der Waals surface area contributed by atoms with Crippen molar-refractivity contribution in [1.29, 1.82) is 0 Å². The highest BCUT2D eigenvalue weighted by atomic mass is 16.5. The first kappa shape index (κ1) is 11.9. The average Bonchev–Trinajstić information content (AvgIpc) is 2.70. The predicted octanol–water partition coefficient (Wildman–Crippen LogP) is 0.437. The third-order valence-electron chi connectivity index (χ3n) is 2.37. The van der Waals surface area contributed by atoms with E-state index in [1.807, 2.05) is 6.92 Å². The Morgan fingerprint density at radius 2 is 2.21 bits per heavy atom. The molecule has 0 aromatic heterocycles. The van der Waals surface area contributed by atoms with Crippen molar-refractivity contribution in [2.24, 2.45) is 5.92 Å². The maximum Gasteiger partial charge on any atom is 0.0824 e. The molecule has 0 aromatic rings. The Kier molecular flexibility index (Phi) is 6.10. The van der Waals surface area contributed by atoms with Gasteiger partial charge in [0.2, 0.25) is 0 Å². The van der Waals surface area contributed by atoms with Gasteiger partial charge in [0.15, 0.2) is 0 Å². The van der Waals surface area contributed by atoms with Gasteiger partial charge in [-0.05, 0) is 13.3 Å². The van der Waals surface area contributed by atoms with Crippen LogP contribution < -0.4 is 0 Å². The van der Waals surface area contributed by atoms with Gasteiger partial charge in [-0.25, -0.2) is 0 Å². The summed E-state index contributed by atoms with van der Waals surface area (Å²) in [5.41, 5.74) is 0. The van der Waals surface area contributed by atoms with Crippen LogP contribution in [0.5, 0.6) is 0 Å². The van der Waals surface area contributed by atoms with E-state index in [9.17, 15) is 5.11 Å². The van der Waals surface area contributed by atoms with E-state index in [0.717, 1.165) is 13.0 Å². The fourth-order valence-electron chi connectivity index (χ4n) is 1.46. The maximum atomic E-state index is 9.66. The first-order chi connectivity index (χ1) is 6.84. The molecule has 4 nitrogen and oxygen atoms in total. The van der Waals surface area contributed by atoms with Crippen LogP contribution in [0, 0.1) is 5.92 Å². The standard InChI is InChI=1S/C10H20O4/c1-2-12-5-6-14-8-10(11)9-3-4-13-7-9/h9-11H,2-8H2,1H3. The molecule has 2 atom stereocenters. The lowest BCUT2D eigenvalue weighted by atomic mass is 10.0. The second-order valence-corrected chi connectivity index (χ2v) is 3.46. The van der Waals surface area contributed by atoms with Gasteiger partial charge in [-0.2, -0.15) is 0 Å². The number of rotatable bonds is 7. The highest BCUT2D eigenvalue weighted by Crippen LogP contribution is 2.16. The van der Waals surface area contributed by atoms with Crippen molar-refractivity contribution in [2.75, 3.05) is 39.6 Å². The lowest BCUT2D eigenvalue weighted by Gasteiger charge is -2.16. The van der Waals surface area contributed by atoms with Gasteiger partial charge >= 0.3 is 0 Å². The molecule has 0 spiro atoms. The minimum atomic E-state index is -0.390. The quantitative estimate of drug-likeness (QED) is 0.611. The van der Waals surface area contributed by atoms with Crippen molar-refractivity contribution in [1.82, 2.24) is 0 Å². The molecule has 14 heavy (non-hydrogen) atoms. The van der Waals surface area contributed by atoms with Crippen LogP contribution in [0.25, 0.3) is 0 Å². The van der Waals surface area contributed by atoms with E-state index >= 15 is 0 Å². The summed E-state index contributed by atoms with van der Waals surface area (Å²) in [5.74, 6) is 0.252. The second-order valence-electron chi connectivity index (χ2n) is 3.46. The number of aliphatic hydroxyl groups excluding tert-OH is 1. The van der Waals surface area contributed by atoms with Crippen molar-refractivity contribution in [3.8, 4) is 0 Å². The zero-order valence-corrected chi connectivity index (χ0v) is 8.78. The fourth-order valence-corrected chi connectivity index (χ4v) is 1.46. The number of hydrogen-bond donors (Lipinski definition) is 1. The van der Waals surface area contributed by atoms with Crippen LogP contribution in [0.1, 0.15) is 13.3 Å². The summed E-state index contributed by atoms with van der Waals surface area (Å²) >= 11 is 0. The van der Waals surface area contributed by atoms with Gasteiger partial charge in [-0.1, -0.05) is 0 Å². The number of ether oxygens (including phenoxy) is 3. The summed E-state index contributed by atoms with van der Waals surface area (Å²) in [6.45, 7) is 5.63. The van der Waals surface area contributed by atoms with Gasteiger partial charge in [0.05, 0.1) is 32.5 Å². The van der Waals surface area contributed by atoms with Gasteiger partial charge < -0.3 is 19.3 Å². The van der Waals surface area contributed by atoms with E-state index in [1.54, 1.807) is 0 Å². The smallest absolute Gasteiger partial charge is 0.0824 e. The maximum absolute atomic E-state index is 9.66. The molecule has 0 saturated carbocycles. The Labute approximate surface area is 85.2 Å². The molecule has 1 heterocycles. The molecule has 2 unspecified atom stereocenters. The topological polar surface area (TPSA) is 47.9 Å². The van der Waals surface area contributed by atoms with E-state index in [2.05, 4.69) is 0 Å². The Balaban J connectivity index is 1.94. The van der Waals surface area contributed by atoms with Crippen LogP contribution in [-0.2, 0) is 14.2 Å². The van der Waals surface area contributed by atoms with Crippen LogP contribution in [0.2, 0.25) is 0 Å². The normalized spacial score (nSPS) is 24.0. The molecule has 1 fully saturated rings. The van der Waals surface area contributed by atoms with E-state index < -0.39 is 0 Å². The molecule has 0 aromatic carbocycles. The van der Waals surface area contributed by atoms with Crippen molar-refractivity contribution in [3.05, 3.63) is 0 Å². The van der Waals surface area contributed by atoms with Crippen molar-refractivity contribution in [3.63, 3.8) is 0 Å². The van der Waals surface area contributed by atoms with Gasteiger partial charge in [0.1, 0.15) is 0 Å². The predicted molar refractivity (Wildman–Crippen MR) is 52.2 cm³/mol. The molecule has 0 bridgehead atoms. The molecule has 1 N–H and O–H groups in total. The highest BCUT2D eigenvalue weighted by Gasteiger charge is 2.23. The Morgan fingerprint density at radius 3 is 2.86 bits per heavy atom. The molecule has 1 aliphatic heterocycles. The minimum Gasteiger partial charge on any atom is -0.390 e.